The van der Waals surface area contributed by atoms with Crippen LogP contribution in [0.15, 0.2) is 356 Å². The molecule has 1 aromatic heterocycles. The minimum Gasteiger partial charge on any atom is -0.309 e. The smallest absolute Gasteiger partial charge is 0.0540 e. The van der Waals surface area contributed by atoms with Gasteiger partial charge in [-0.15, -0.1) is 0 Å². The molecular weight excluding hydrogens is 1110 g/mol. The Kier molecular flexibility index (Phi) is 15.5. The molecule has 0 saturated heterocycles. The van der Waals surface area contributed by atoms with Gasteiger partial charge in [0.25, 0.3) is 0 Å². The van der Waals surface area contributed by atoms with Gasteiger partial charge in [-0.25, -0.2) is 0 Å². The van der Waals surface area contributed by atoms with Gasteiger partial charge in [-0.1, -0.05) is 307 Å². The zero-order chi connectivity index (χ0) is 58.3. The highest BCUT2D eigenvalue weighted by molar-refractivity contribution is 9.10. The first-order chi connectivity index (χ1) is 43.1. The van der Waals surface area contributed by atoms with Gasteiger partial charge in [-0.3, -0.25) is 0 Å². The van der Waals surface area contributed by atoms with Crippen molar-refractivity contribution in [3.63, 3.8) is 0 Å². The fourth-order valence-electron chi connectivity index (χ4n) is 12.5. The van der Waals surface area contributed by atoms with E-state index in [1.807, 2.05) is 30.3 Å². The van der Waals surface area contributed by atoms with Crippen LogP contribution in [0.1, 0.15) is 11.1 Å². The van der Waals surface area contributed by atoms with E-state index in [-0.39, 0.29) is 0 Å². The SMILES string of the molecule is Brc1ccccc1.c1ccc(-c2ccc3c(c2)-c2ccccc2-c2ccccc2-c2cc(-c4ccccc4)ccc2C3)cc1.c1ccc(-c2ccc3c(c2)c2ccccc2c2ccccc2c2cc(-c4ccccc4)ccc2n3-c2ccccc2)cc1. The summed E-state index contributed by atoms with van der Waals surface area (Å²) in [6.45, 7) is 0. The van der Waals surface area contributed by atoms with Crippen LogP contribution in [-0.4, -0.2) is 4.57 Å². The van der Waals surface area contributed by atoms with Crippen molar-refractivity contribution in [1.82, 2.24) is 4.57 Å². The van der Waals surface area contributed by atoms with Gasteiger partial charge in [0, 0.05) is 20.9 Å². The highest BCUT2D eigenvalue weighted by Gasteiger charge is 2.21. The fraction of sp³-hybridized carbons (Fsp3) is 0.0118. The summed E-state index contributed by atoms with van der Waals surface area (Å²) >= 11 is 3.31. The second kappa shape index (κ2) is 24.9. The summed E-state index contributed by atoms with van der Waals surface area (Å²) in [7, 11) is 0. The summed E-state index contributed by atoms with van der Waals surface area (Å²) in [4.78, 5) is 0. The molecule has 0 amide bonds. The summed E-state index contributed by atoms with van der Waals surface area (Å²) in [5.74, 6) is 0. The van der Waals surface area contributed by atoms with Crippen molar-refractivity contribution < 1.29 is 0 Å². The molecule has 1 aliphatic rings. The first-order valence-electron chi connectivity index (χ1n) is 29.8. The molecule has 0 N–H and O–H groups in total. The maximum atomic E-state index is 3.31. The van der Waals surface area contributed by atoms with E-state index in [1.54, 1.807) is 0 Å². The van der Waals surface area contributed by atoms with Gasteiger partial charge in [-0.2, -0.15) is 0 Å². The van der Waals surface area contributed by atoms with Crippen LogP contribution in [0.3, 0.4) is 0 Å². The Morgan fingerprint density at radius 1 is 0.207 bits per heavy atom. The van der Waals surface area contributed by atoms with Crippen molar-refractivity contribution in [2.45, 2.75) is 6.42 Å². The van der Waals surface area contributed by atoms with Gasteiger partial charge in [-0.05, 0) is 178 Å². The van der Waals surface area contributed by atoms with E-state index >= 15 is 0 Å². The zero-order valence-electron chi connectivity index (χ0n) is 48.0. The molecule has 1 nitrogen and oxygen atoms in total. The number of para-hydroxylation sites is 1. The molecule has 87 heavy (non-hydrogen) atoms. The predicted octanol–water partition coefficient (Wildman–Crippen LogP) is 23.9. The van der Waals surface area contributed by atoms with Gasteiger partial charge < -0.3 is 4.57 Å². The summed E-state index contributed by atoms with van der Waals surface area (Å²) in [6.07, 6.45) is 0.886. The number of nitrogens with zero attached hydrogens (tertiary/aromatic N) is 1. The van der Waals surface area contributed by atoms with Gasteiger partial charge in [0.05, 0.1) is 11.0 Å². The molecule has 15 aromatic rings. The number of rotatable bonds is 5. The van der Waals surface area contributed by atoms with Crippen LogP contribution in [-0.2, 0) is 6.42 Å². The maximum absolute atomic E-state index is 3.31. The van der Waals surface area contributed by atoms with Crippen LogP contribution in [0.4, 0.5) is 0 Å². The number of aromatic nitrogens is 1. The van der Waals surface area contributed by atoms with Crippen molar-refractivity contribution in [1.29, 1.82) is 0 Å². The van der Waals surface area contributed by atoms with E-state index in [9.17, 15) is 0 Å². The first kappa shape index (κ1) is 54.3. The molecule has 0 unspecified atom stereocenters. The highest BCUT2D eigenvalue weighted by Crippen LogP contribution is 2.45. The lowest BCUT2D eigenvalue weighted by Crippen LogP contribution is -1.98. The molecule has 0 spiro atoms. The molecule has 0 aliphatic heterocycles. The molecular formula is C85H60BrN. The molecule has 0 fully saturated rings. The molecule has 0 saturated carbocycles. The average molecular weight is 1180 g/mol. The van der Waals surface area contributed by atoms with Crippen molar-refractivity contribution in [3.05, 3.63) is 367 Å². The molecule has 0 radical (unpaired) electrons. The predicted molar refractivity (Wildman–Crippen MR) is 375 cm³/mol. The van der Waals surface area contributed by atoms with E-state index in [1.165, 1.54) is 121 Å². The van der Waals surface area contributed by atoms with Crippen molar-refractivity contribution in [3.8, 4) is 83.6 Å². The molecule has 0 bridgehead atoms. The standard InChI is InChI=1S/C42H29N.C37H26.C6H5Br/c1-4-14-30(15-5-1)32-24-26-41-39(28-32)37-22-12-10-20-35(37)36-21-11-13-23-38(36)40-29-33(31-16-6-2-7-17-31)25-27-42(40)43(41)34-18-8-3-9-19-34;1-3-11-26(12-4-1)28-19-21-30-23-31-22-20-29(27-13-5-2-6-14-27)25-37(31)35-18-10-8-16-33(35)32-15-7-9-17-34(32)36(30)24-28;7-6-4-2-1-3-5-6/h1-29H;1-22,24-25H,23H2;1-5H. The molecule has 2 heteroatoms. The molecule has 0 atom stereocenters. The number of halogens is 1. The van der Waals surface area contributed by atoms with Crippen LogP contribution >= 0.6 is 15.9 Å². The monoisotopic (exact) mass is 1170 g/mol. The van der Waals surface area contributed by atoms with Gasteiger partial charge in [0.1, 0.15) is 0 Å². The van der Waals surface area contributed by atoms with Crippen molar-refractivity contribution in [2.75, 3.05) is 0 Å². The number of hydrogen-bond acceptors (Lipinski definition) is 0. The summed E-state index contributed by atoms with van der Waals surface area (Å²) in [5.41, 5.74) is 23.7. The zero-order valence-corrected chi connectivity index (χ0v) is 49.6. The van der Waals surface area contributed by atoms with Gasteiger partial charge >= 0.3 is 0 Å². The normalized spacial score (nSPS) is 11.2. The van der Waals surface area contributed by atoms with Crippen LogP contribution in [0.25, 0.3) is 127 Å². The number of benzene rings is 14. The number of hydrogen-bond donors (Lipinski definition) is 0. The minimum atomic E-state index is 0.886. The van der Waals surface area contributed by atoms with E-state index in [0.717, 1.165) is 27.6 Å². The van der Waals surface area contributed by atoms with E-state index in [0.29, 0.717) is 0 Å². The lowest BCUT2D eigenvalue weighted by atomic mass is 9.88. The van der Waals surface area contributed by atoms with Crippen LogP contribution in [0.5, 0.6) is 0 Å². The number of fused-ring (bicyclic) bond motifs is 14. The van der Waals surface area contributed by atoms with Crippen molar-refractivity contribution >= 4 is 59.3 Å². The Morgan fingerprint density at radius 3 is 0.828 bits per heavy atom. The first-order valence-corrected chi connectivity index (χ1v) is 30.6. The van der Waals surface area contributed by atoms with Crippen LogP contribution < -0.4 is 0 Å². The summed E-state index contributed by atoms with van der Waals surface area (Å²) in [5, 5.41) is 7.32. The molecule has 16 rings (SSSR count). The largest absolute Gasteiger partial charge is 0.309 e. The third-order valence-corrected chi connectivity index (χ3v) is 17.2. The molecule has 1 aliphatic carbocycles. The lowest BCUT2D eigenvalue weighted by molar-refractivity contribution is 1.17. The van der Waals surface area contributed by atoms with Crippen LogP contribution in [0, 0.1) is 0 Å². The quantitative estimate of drug-likeness (QED) is 0.162. The van der Waals surface area contributed by atoms with E-state index in [2.05, 4.69) is 342 Å². The van der Waals surface area contributed by atoms with Gasteiger partial charge in [0.15, 0.2) is 0 Å². The fourth-order valence-corrected chi connectivity index (χ4v) is 12.8. The molecule has 14 aromatic carbocycles. The van der Waals surface area contributed by atoms with Gasteiger partial charge in [0.2, 0.25) is 0 Å². The topological polar surface area (TPSA) is 4.93 Å². The maximum Gasteiger partial charge on any atom is 0.0540 e. The van der Waals surface area contributed by atoms with E-state index in [4.69, 9.17) is 0 Å². The Morgan fingerprint density at radius 2 is 0.483 bits per heavy atom. The summed E-state index contributed by atoms with van der Waals surface area (Å²) < 4.78 is 3.57. The molecule has 1 heterocycles. The Bertz CT molecular complexity index is 4700. The van der Waals surface area contributed by atoms with Crippen LogP contribution in [0.2, 0.25) is 0 Å². The second-order valence-corrected chi connectivity index (χ2v) is 22.9. The highest BCUT2D eigenvalue weighted by atomic mass is 79.9. The average Bonchev–Trinajstić information content (AvgIpc) is 2.09. The lowest BCUT2D eigenvalue weighted by Gasteiger charge is -2.16. The van der Waals surface area contributed by atoms with Crippen molar-refractivity contribution in [2.24, 2.45) is 0 Å². The van der Waals surface area contributed by atoms with E-state index < -0.39 is 0 Å². The Hall–Kier alpha value is -10.6. The Balaban J connectivity index is 0.000000139. The third-order valence-electron chi connectivity index (χ3n) is 16.7. The molecule has 412 valence electrons. The third kappa shape index (κ3) is 11.3. The second-order valence-electron chi connectivity index (χ2n) is 22.0. The Labute approximate surface area is 517 Å². The minimum absolute atomic E-state index is 0.886. The summed E-state index contributed by atoms with van der Waals surface area (Å²) in [6, 6.07) is 127.